The SMILES string of the molecule is CCc1nc(C)cc(N(CCCN)C(C)C)n1. The molecular formula is C13H24N4. The molecule has 2 N–H and O–H groups in total. The van der Waals surface area contributed by atoms with Crippen molar-refractivity contribution in [3.8, 4) is 0 Å². The number of hydrogen-bond acceptors (Lipinski definition) is 4. The molecule has 0 bridgehead atoms. The number of aryl methyl sites for hydroxylation is 2. The van der Waals surface area contributed by atoms with Crippen molar-refractivity contribution in [2.45, 2.75) is 46.6 Å². The fraction of sp³-hybridized carbons (Fsp3) is 0.692. The van der Waals surface area contributed by atoms with Crippen molar-refractivity contribution in [2.24, 2.45) is 5.73 Å². The van der Waals surface area contributed by atoms with Gasteiger partial charge in [-0.05, 0) is 33.7 Å². The highest BCUT2D eigenvalue weighted by Crippen LogP contribution is 2.16. The highest BCUT2D eigenvalue weighted by molar-refractivity contribution is 5.40. The summed E-state index contributed by atoms with van der Waals surface area (Å²) in [6.07, 6.45) is 1.86. The van der Waals surface area contributed by atoms with Crippen LogP contribution in [0.1, 0.15) is 38.7 Å². The lowest BCUT2D eigenvalue weighted by Crippen LogP contribution is -2.33. The number of nitrogens with zero attached hydrogens (tertiary/aromatic N) is 3. The second kappa shape index (κ2) is 6.55. The van der Waals surface area contributed by atoms with Gasteiger partial charge in [-0.15, -0.1) is 0 Å². The normalized spacial score (nSPS) is 10.9. The molecule has 4 nitrogen and oxygen atoms in total. The molecule has 1 rings (SSSR count). The Morgan fingerprint density at radius 3 is 2.59 bits per heavy atom. The summed E-state index contributed by atoms with van der Waals surface area (Å²) in [6, 6.07) is 2.48. The summed E-state index contributed by atoms with van der Waals surface area (Å²) in [4.78, 5) is 11.3. The van der Waals surface area contributed by atoms with Crippen molar-refractivity contribution in [3.63, 3.8) is 0 Å². The van der Waals surface area contributed by atoms with Crippen molar-refractivity contribution < 1.29 is 0 Å². The molecule has 0 fully saturated rings. The molecule has 0 amide bonds. The van der Waals surface area contributed by atoms with Crippen molar-refractivity contribution in [1.82, 2.24) is 9.97 Å². The second-order valence-corrected chi connectivity index (χ2v) is 4.57. The van der Waals surface area contributed by atoms with Gasteiger partial charge in [-0.2, -0.15) is 0 Å². The Bertz CT molecular complexity index is 349. The van der Waals surface area contributed by atoms with E-state index in [4.69, 9.17) is 5.73 Å². The first-order valence-corrected chi connectivity index (χ1v) is 6.39. The zero-order chi connectivity index (χ0) is 12.8. The topological polar surface area (TPSA) is 55.0 Å². The van der Waals surface area contributed by atoms with Crippen molar-refractivity contribution in [3.05, 3.63) is 17.6 Å². The number of hydrogen-bond donors (Lipinski definition) is 1. The van der Waals surface area contributed by atoms with E-state index in [9.17, 15) is 0 Å². The zero-order valence-corrected chi connectivity index (χ0v) is 11.4. The van der Waals surface area contributed by atoms with Crippen molar-refractivity contribution in [1.29, 1.82) is 0 Å². The van der Waals surface area contributed by atoms with Crippen LogP contribution in [0.3, 0.4) is 0 Å². The molecule has 0 radical (unpaired) electrons. The summed E-state index contributed by atoms with van der Waals surface area (Å²) < 4.78 is 0. The van der Waals surface area contributed by atoms with Crippen LogP contribution in [0.5, 0.6) is 0 Å². The van der Waals surface area contributed by atoms with E-state index in [1.807, 2.05) is 6.92 Å². The number of rotatable bonds is 6. The molecule has 17 heavy (non-hydrogen) atoms. The molecule has 1 aromatic rings. The van der Waals surface area contributed by atoms with E-state index in [2.05, 4.69) is 41.7 Å². The lowest BCUT2D eigenvalue weighted by molar-refractivity contribution is 0.644. The summed E-state index contributed by atoms with van der Waals surface area (Å²) in [5, 5.41) is 0. The second-order valence-electron chi connectivity index (χ2n) is 4.57. The van der Waals surface area contributed by atoms with Crippen LogP contribution in [0.15, 0.2) is 6.07 Å². The van der Waals surface area contributed by atoms with E-state index in [0.717, 1.165) is 36.7 Å². The highest BCUT2D eigenvalue weighted by atomic mass is 15.2. The van der Waals surface area contributed by atoms with Crippen LogP contribution in [0.25, 0.3) is 0 Å². The Labute approximate surface area is 104 Å². The van der Waals surface area contributed by atoms with E-state index < -0.39 is 0 Å². The molecule has 0 aliphatic rings. The maximum absolute atomic E-state index is 5.58. The van der Waals surface area contributed by atoms with Crippen LogP contribution in [0.4, 0.5) is 5.82 Å². The molecule has 0 aliphatic carbocycles. The Kier molecular flexibility index (Phi) is 5.35. The largest absolute Gasteiger partial charge is 0.354 e. The van der Waals surface area contributed by atoms with Gasteiger partial charge in [0, 0.05) is 30.8 Å². The Hall–Kier alpha value is -1.16. The molecule has 0 spiro atoms. The predicted molar refractivity (Wildman–Crippen MR) is 72.3 cm³/mol. The maximum atomic E-state index is 5.58. The van der Waals surface area contributed by atoms with E-state index in [-0.39, 0.29) is 0 Å². The van der Waals surface area contributed by atoms with Gasteiger partial charge < -0.3 is 10.6 Å². The zero-order valence-electron chi connectivity index (χ0n) is 11.4. The van der Waals surface area contributed by atoms with Crippen LogP contribution in [0, 0.1) is 6.92 Å². The summed E-state index contributed by atoms with van der Waals surface area (Å²) >= 11 is 0. The quantitative estimate of drug-likeness (QED) is 0.819. The maximum Gasteiger partial charge on any atom is 0.132 e. The summed E-state index contributed by atoms with van der Waals surface area (Å²) in [6.45, 7) is 10.1. The van der Waals surface area contributed by atoms with Crippen LogP contribution < -0.4 is 10.6 Å². The summed E-state index contributed by atoms with van der Waals surface area (Å²) in [7, 11) is 0. The van der Waals surface area contributed by atoms with Gasteiger partial charge >= 0.3 is 0 Å². The van der Waals surface area contributed by atoms with Gasteiger partial charge in [-0.25, -0.2) is 9.97 Å². The molecular weight excluding hydrogens is 212 g/mol. The Morgan fingerprint density at radius 1 is 1.35 bits per heavy atom. The third-order valence-electron chi connectivity index (χ3n) is 2.72. The Balaban J connectivity index is 2.96. The minimum atomic E-state index is 0.431. The summed E-state index contributed by atoms with van der Waals surface area (Å²) in [5.74, 6) is 1.94. The number of aromatic nitrogens is 2. The molecule has 0 unspecified atom stereocenters. The standard InChI is InChI=1S/C13H24N4/c1-5-12-15-11(4)9-13(16-12)17(10(2)3)8-6-7-14/h9-10H,5-8,14H2,1-4H3. The molecule has 1 heterocycles. The van der Waals surface area contributed by atoms with Gasteiger partial charge in [0.1, 0.15) is 11.6 Å². The lowest BCUT2D eigenvalue weighted by Gasteiger charge is -2.28. The van der Waals surface area contributed by atoms with Crippen molar-refractivity contribution in [2.75, 3.05) is 18.0 Å². The minimum absolute atomic E-state index is 0.431. The molecule has 0 saturated heterocycles. The molecule has 0 saturated carbocycles. The first-order valence-electron chi connectivity index (χ1n) is 6.39. The van der Waals surface area contributed by atoms with Gasteiger partial charge in [-0.3, -0.25) is 0 Å². The monoisotopic (exact) mass is 236 g/mol. The molecule has 1 aromatic heterocycles. The first kappa shape index (κ1) is 13.9. The lowest BCUT2D eigenvalue weighted by atomic mass is 10.2. The smallest absolute Gasteiger partial charge is 0.132 e. The highest BCUT2D eigenvalue weighted by Gasteiger charge is 2.12. The molecule has 4 heteroatoms. The van der Waals surface area contributed by atoms with Crippen LogP contribution in [-0.4, -0.2) is 29.1 Å². The fourth-order valence-electron chi connectivity index (χ4n) is 1.82. The van der Waals surface area contributed by atoms with E-state index in [0.29, 0.717) is 12.6 Å². The molecule has 0 aromatic carbocycles. The average molecular weight is 236 g/mol. The minimum Gasteiger partial charge on any atom is -0.354 e. The molecule has 0 atom stereocenters. The average Bonchev–Trinajstić information content (AvgIpc) is 2.28. The third kappa shape index (κ3) is 3.97. The van der Waals surface area contributed by atoms with Gasteiger partial charge in [0.2, 0.25) is 0 Å². The molecule has 0 aliphatic heterocycles. The van der Waals surface area contributed by atoms with Gasteiger partial charge in [0.25, 0.3) is 0 Å². The molecule has 96 valence electrons. The summed E-state index contributed by atoms with van der Waals surface area (Å²) in [5.41, 5.74) is 6.61. The van der Waals surface area contributed by atoms with Crippen LogP contribution in [0.2, 0.25) is 0 Å². The van der Waals surface area contributed by atoms with Gasteiger partial charge in [0.15, 0.2) is 0 Å². The van der Waals surface area contributed by atoms with E-state index in [1.54, 1.807) is 0 Å². The van der Waals surface area contributed by atoms with Gasteiger partial charge in [-0.1, -0.05) is 6.92 Å². The fourth-order valence-corrected chi connectivity index (χ4v) is 1.82. The van der Waals surface area contributed by atoms with E-state index >= 15 is 0 Å². The predicted octanol–water partition coefficient (Wildman–Crippen LogP) is 1.91. The Morgan fingerprint density at radius 2 is 2.06 bits per heavy atom. The van der Waals surface area contributed by atoms with Crippen LogP contribution >= 0.6 is 0 Å². The van der Waals surface area contributed by atoms with Crippen LogP contribution in [-0.2, 0) is 6.42 Å². The number of nitrogens with two attached hydrogens (primary N) is 1. The first-order chi connectivity index (χ1) is 8.08. The third-order valence-corrected chi connectivity index (χ3v) is 2.72. The van der Waals surface area contributed by atoms with Gasteiger partial charge in [0.05, 0.1) is 0 Å². The number of anilines is 1. The van der Waals surface area contributed by atoms with E-state index in [1.165, 1.54) is 0 Å². The van der Waals surface area contributed by atoms with Crippen molar-refractivity contribution >= 4 is 5.82 Å².